The summed E-state index contributed by atoms with van der Waals surface area (Å²) in [7, 11) is 0. The molecule has 8 heteroatoms. The smallest absolute Gasteiger partial charge is 0.263 e. The highest BCUT2D eigenvalue weighted by Gasteiger charge is 2.24. The lowest BCUT2D eigenvalue weighted by molar-refractivity contribution is 0.0919. The predicted molar refractivity (Wildman–Crippen MR) is 98.8 cm³/mol. The Kier molecular flexibility index (Phi) is 5.46. The summed E-state index contributed by atoms with van der Waals surface area (Å²) in [5, 5.41) is 7.24. The van der Waals surface area contributed by atoms with Gasteiger partial charge in [-0.3, -0.25) is 4.79 Å². The number of piperidine rings is 1. The van der Waals surface area contributed by atoms with E-state index in [1.54, 1.807) is 6.20 Å². The molecule has 2 aliphatic heterocycles. The number of hydrogen-bond donors (Lipinski definition) is 2. The van der Waals surface area contributed by atoms with E-state index in [1.807, 2.05) is 18.2 Å². The number of amides is 1. The number of fused-ring (bicyclic) bond motifs is 1. The molecule has 0 saturated carbocycles. The van der Waals surface area contributed by atoms with Crippen molar-refractivity contribution in [1.82, 2.24) is 15.6 Å². The molecule has 6 nitrogen and oxygen atoms in total. The average molecular weight is 382 g/mol. The number of carbonyl (C=O) groups is 1. The summed E-state index contributed by atoms with van der Waals surface area (Å²) >= 11 is 1.39. The lowest BCUT2D eigenvalue weighted by Crippen LogP contribution is -2.50. The first-order valence-corrected chi connectivity index (χ1v) is 8.90. The van der Waals surface area contributed by atoms with Gasteiger partial charge >= 0.3 is 0 Å². The summed E-state index contributed by atoms with van der Waals surface area (Å²) < 4.78 is 10.7. The topological polar surface area (TPSA) is 72.5 Å². The summed E-state index contributed by atoms with van der Waals surface area (Å²) in [6, 6.07) is 5.87. The molecule has 4 rings (SSSR count). The molecule has 1 fully saturated rings. The zero-order valence-corrected chi connectivity index (χ0v) is 15.4. The zero-order chi connectivity index (χ0) is 16.5. The molecule has 3 heterocycles. The zero-order valence-electron chi connectivity index (χ0n) is 13.8. The number of hydrogen-bond acceptors (Lipinski definition) is 6. The Morgan fingerprint density at radius 2 is 2.20 bits per heavy atom. The molecule has 0 aliphatic carbocycles. The summed E-state index contributed by atoms with van der Waals surface area (Å²) in [5.41, 5.74) is 0.927. The van der Waals surface area contributed by atoms with Gasteiger partial charge in [-0.2, -0.15) is 0 Å². The van der Waals surface area contributed by atoms with Gasteiger partial charge in [0, 0.05) is 18.2 Å². The van der Waals surface area contributed by atoms with Crippen LogP contribution in [0.2, 0.25) is 0 Å². The second kappa shape index (κ2) is 7.59. The molecule has 1 saturated heterocycles. The fourth-order valence-corrected chi connectivity index (χ4v) is 3.78. The molecule has 2 aromatic rings. The molecule has 0 bridgehead atoms. The van der Waals surface area contributed by atoms with E-state index in [0.29, 0.717) is 10.8 Å². The van der Waals surface area contributed by atoms with E-state index in [1.165, 1.54) is 11.3 Å². The van der Waals surface area contributed by atoms with Crippen molar-refractivity contribution in [2.24, 2.45) is 5.92 Å². The fourth-order valence-electron chi connectivity index (χ4n) is 2.96. The van der Waals surface area contributed by atoms with Crippen LogP contribution in [0.15, 0.2) is 24.4 Å². The minimum Gasteiger partial charge on any atom is -0.454 e. The van der Waals surface area contributed by atoms with E-state index in [2.05, 4.69) is 22.5 Å². The third-order valence-corrected chi connectivity index (χ3v) is 5.54. The van der Waals surface area contributed by atoms with Crippen LogP contribution >= 0.6 is 23.7 Å². The highest BCUT2D eigenvalue weighted by atomic mass is 35.5. The Morgan fingerprint density at radius 3 is 3.04 bits per heavy atom. The number of nitrogens with one attached hydrogen (secondary N) is 2. The minimum absolute atomic E-state index is 0. The Morgan fingerprint density at radius 1 is 1.36 bits per heavy atom. The second-order valence-electron chi connectivity index (χ2n) is 6.15. The largest absolute Gasteiger partial charge is 0.454 e. The van der Waals surface area contributed by atoms with Crippen LogP contribution < -0.4 is 20.1 Å². The fraction of sp³-hybridized carbons (Fsp3) is 0.412. The summed E-state index contributed by atoms with van der Waals surface area (Å²) in [4.78, 5) is 17.5. The van der Waals surface area contributed by atoms with Crippen LogP contribution in [0, 0.1) is 5.92 Å². The molecular formula is C17H20ClN3O3S. The number of halogens is 1. The van der Waals surface area contributed by atoms with Gasteiger partial charge in [0.1, 0.15) is 9.88 Å². The number of rotatable bonds is 3. The first kappa shape index (κ1) is 18.0. The van der Waals surface area contributed by atoms with Gasteiger partial charge in [0.25, 0.3) is 5.91 Å². The molecule has 2 atom stereocenters. The maximum absolute atomic E-state index is 12.5. The third kappa shape index (κ3) is 3.73. The van der Waals surface area contributed by atoms with E-state index in [-0.39, 0.29) is 31.1 Å². The van der Waals surface area contributed by atoms with Gasteiger partial charge in [-0.15, -0.1) is 23.7 Å². The molecule has 0 spiro atoms. The van der Waals surface area contributed by atoms with Crippen molar-refractivity contribution in [2.75, 3.05) is 19.9 Å². The van der Waals surface area contributed by atoms with Crippen molar-refractivity contribution in [1.29, 1.82) is 0 Å². The SMILES string of the molecule is CC1CCNCC1NC(=O)c1cnc(-c2ccc3c(c2)OCO3)s1.Cl. The standard InChI is InChI=1S/C17H19N3O3S.ClH/c1-10-4-5-18-7-12(10)20-16(21)15-8-19-17(24-15)11-2-3-13-14(6-11)23-9-22-13;/h2-3,6,8,10,12,18H,4-5,7,9H2,1H3,(H,20,21);1H. The average Bonchev–Trinajstić information content (AvgIpc) is 3.25. The molecular weight excluding hydrogens is 362 g/mol. The van der Waals surface area contributed by atoms with E-state index in [4.69, 9.17) is 9.47 Å². The lowest BCUT2D eigenvalue weighted by atomic mass is 9.95. The van der Waals surface area contributed by atoms with Crippen LogP contribution in [0.5, 0.6) is 11.5 Å². The number of ether oxygens (including phenoxy) is 2. The Labute approximate surface area is 156 Å². The summed E-state index contributed by atoms with van der Waals surface area (Å²) in [6.45, 7) is 4.26. The van der Waals surface area contributed by atoms with Crippen molar-refractivity contribution < 1.29 is 14.3 Å². The molecule has 2 unspecified atom stereocenters. The van der Waals surface area contributed by atoms with E-state index >= 15 is 0 Å². The quantitative estimate of drug-likeness (QED) is 0.855. The van der Waals surface area contributed by atoms with Crippen LogP contribution in [0.3, 0.4) is 0 Å². The van der Waals surface area contributed by atoms with E-state index < -0.39 is 0 Å². The van der Waals surface area contributed by atoms with Gasteiger partial charge in [0.05, 0.1) is 6.20 Å². The molecule has 2 N–H and O–H groups in total. The minimum atomic E-state index is -0.0555. The Hall–Kier alpha value is -1.83. The summed E-state index contributed by atoms with van der Waals surface area (Å²) in [5.74, 6) is 1.89. The van der Waals surface area contributed by atoms with Crippen LogP contribution in [0.1, 0.15) is 23.0 Å². The first-order chi connectivity index (χ1) is 11.7. The highest BCUT2D eigenvalue weighted by molar-refractivity contribution is 7.16. The third-order valence-electron chi connectivity index (χ3n) is 4.49. The second-order valence-corrected chi connectivity index (χ2v) is 7.18. The van der Waals surface area contributed by atoms with Gasteiger partial charge < -0.3 is 20.1 Å². The summed E-state index contributed by atoms with van der Waals surface area (Å²) in [6.07, 6.45) is 2.72. The van der Waals surface area contributed by atoms with Gasteiger partial charge in [0.2, 0.25) is 6.79 Å². The normalized spacial score (nSPS) is 21.5. The molecule has 25 heavy (non-hydrogen) atoms. The first-order valence-electron chi connectivity index (χ1n) is 8.08. The lowest BCUT2D eigenvalue weighted by Gasteiger charge is -2.29. The highest BCUT2D eigenvalue weighted by Crippen LogP contribution is 2.37. The van der Waals surface area contributed by atoms with Crippen LogP contribution in [0.25, 0.3) is 10.6 Å². The maximum atomic E-state index is 12.5. The van der Waals surface area contributed by atoms with Gasteiger partial charge in [-0.25, -0.2) is 4.98 Å². The van der Waals surface area contributed by atoms with E-state index in [9.17, 15) is 4.79 Å². The molecule has 134 valence electrons. The van der Waals surface area contributed by atoms with Gasteiger partial charge in [-0.1, -0.05) is 6.92 Å². The van der Waals surface area contributed by atoms with Crippen molar-refractivity contribution in [2.45, 2.75) is 19.4 Å². The van der Waals surface area contributed by atoms with Crippen molar-refractivity contribution >= 4 is 29.7 Å². The van der Waals surface area contributed by atoms with E-state index in [0.717, 1.165) is 41.6 Å². The predicted octanol–water partition coefficient (Wildman–Crippen LogP) is 2.69. The van der Waals surface area contributed by atoms with Crippen molar-refractivity contribution in [3.63, 3.8) is 0 Å². The van der Waals surface area contributed by atoms with Gasteiger partial charge in [-0.05, 0) is 37.1 Å². The van der Waals surface area contributed by atoms with Crippen LogP contribution in [-0.2, 0) is 0 Å². The Bertz CT molecular complexity index is 767. The number of nitrogens with zero attached hydrogens (tertiary/aromatic N) is 1. The number of thiazole rings is 1. The Balaban J connectivity index is 0.00000182. The van der Waals surface area contributed by atoms with Crippen molar-refractivity contribution in [3.05, 3.63) is 29.3 Å². The molecule has 2 aliphatic rings. The van der Waals surface area contributed by atoms with Crippen LogP contribution in [0.4, 0.5) is 0 Å². The number of carbonyl (C=O) groups excluding carboxylic acids is 1. The van der Waals surface area contributed by atoms with Crippen LogP contribution in [-0.4, -0.2) is 36.8 Å². The molecule has 0 radical (unpaired) electrons. The molecule has 1 amide bonds. The number of benzene rings is 1. The maximum Gasteiger partial charge on any atom is 0.263 e. The van der Waals surface area contributed by atoms with Gasteiger partial charge in [0.15, 0.2) is 11.5 Å². The monoisotopic (exact) mass is 381 g/mol. The molecule has 1 aromatic carbocycles. The number of aromatic nitrogens is 1. The molecule has 1 aromatic heterocycles. The van der Waals surface area contributed by atoms with Crippen molar-refractivity contribution in [3.8, 4) is 22.1 Å².